The zero-order valence-electron chi connectivity index (χ0n) is 22.6. The molecule has 2 fully saturated rings. The van der Waals surface area contributed by atoms with E-state index in [0.29, 0.717) is 19.7 Å². The van der Waals surface area contributed by atoms with E-state index in [1.807, 2.05) is 47.7 Å². The van der Waals surface area contributed by atoms with Gasteiger partial charge in [0.15, 0.2) is 6.29 Å². The van der Waals surface area contributed by atoms with E-state index in [0.717, 1.165) is 67.7 Å². The van der Waals surface area contributed by atoms with Crippen molar-refractivity contribution in [1.29, 1.82) is 0 Å². The summed E-state index contributed by atoms with van der Waals surface area (Å²) in [5.74, 6) is 0. The number of rotatable bonds is 4. The van der Waals surface area contributed by atoms with Gasteiger partial charge >= 0.3 is 6.09 Å². The summed E-state index contributed by atoms with van der Waals surface area (Å²) >= 11 is -1.39. The first kappa shape index (κ1) is 27.4. The molecule has 0 bridgehead atoms. The maximum absolute atomic E-state index is 13.1. The number of pyridine rings is 1. The van der Waals surface area contributed by atoms with E-state index in [-0.39, 0.29) is 17.8 Å². The van der Waals surface area contributed by atoms with E-state index in [9.17, 15) is 9.35 Å². The number of aromatic nitrogens is 1. The van der Waals surface area contributed by atoms with Gasteiger partial charge in [0, 0.05) is 36.9 Å². The van der Waals surface area contributed by atoms with Gasteiger partial charge < -0.3 is 23.7 Å². The third kappa shape index (κ3) is 6.41. The molecule has 200 valence electrons. The van der Waals surface area contributed by atoms with Gasteiger partial charge in [-0.05, 0) is 91.7 Å². The molecular weight excluding hydrogens is 478 g/mol. The van der Waals surface area contributed by atoms with Gasteiger partial charge in [0.2, 0.25) is 0 Å². The average Bonchev–Trinajstić information content (AvgIpc) is 3.08. The lowest BCUT2D eigenvalue weighted by atomic mass is 9.74. The Kier molecular flexibility index (Phi) is 8.05. The summed E-state index contributed by atoms with van der Waals surface area (Å²) < 4.78 is 34.7. The molecule has 0 N–H and O–H groups in total. The first-order valence-corrected chi connectivity index (χ1v) is 14.2. The monoisotopic (exact) mass is 519 g/mol. The molecule has 9 heteroatoms. The van der Waals surface area contributed by atoms with Gasteiger partial charge in [0.25, 0.3) is 0 Å². The fourth-order valence-corrected chi connectivity index (χ4v) is 5.69. The highest BCUT2D eigenvalue weighted by molar-refractivity contribution is 7.91. The van der Waals surface area contributed by atoms with Crippen LogP contribution in [0.2, 0.25) is 0 Å². The van der Waals surface area contributed by atoms with Crippen molar-refractivity contribution in [3.05, 3.63) is 29.1 Å². The second kappa shape index (κ2) is 10.6. The van der Waals surface area contributed by atoms with E-state index in [1.165, 1.54) is 0 Å². The van der Waals surface area contributed by atoms with Gasteiger partial charge in [-0.1, -0.05) is 4.40 Å². The molecule has 1 aliphatic carbocycles. The zero-order valence-corrected chi connectivity index (χ0v) is 23.4. The van der Waals surface area contributed by atoms with Crippen LogP contribution in [-0.2, 0) is 38.6 Å². The third-order valence-electron chi connectivity index (χ3n) is 6.96. The van der Waals surface area contributed by atoms with Crippen LogP contribution < -0.4 is 0 Å². The summed E-state index contributed by atoms with van der Waals surface area (Å²) in [5.41, 5.74) is 3.06. The second-order valence-corrected chi connectivity index (χ2v) is 14.1. The number of carbonyl (C=O) groups excluding carboxylic acids is 1. The van der Waals surface area contributed by atoms with Crippen LogP contribution in [0.5, 0.6) is 0 Å². The number of amides is 1. The Balaban J connectivity index is 1.54. The SMILES string of the molecule is CC(C)(C)OC(=O)N1CCC2(CC1)Cc1cc(CO[C@@H]3CCCCO3)ncc1C2=N[S+]([O-])C(C)(C)C. The van der Waals surface area contributed by atoms with Crippen molar-refractivity contribution in [1.82, 2.24) is 9.88 Å². The maximum atomic E-state index is 13.1. The minimum Gasteiger partial charge on any atom is -0.591 e. The van der Waals surface area contributed by atoms with E-state index in [1.54, 1.807) is 4.90 Å². The number of likely N-dealkylation sites (tertiary alicyclic amines) is 1. The number of hydrogen-bond acceptors (Lipinski definition) is 7. The molecule has 1 aromatic rings. The Hall–Kier alpha value is -1.68. The molecule has 1 aromatic heterocycles. The van der Waals surface area contributed by atoms with Gasteiger partial charge in [-0.2, -0.15) is 0 Å². The first-order valence-electron chi connectivity index (χ1n) is 13.1. The zero-order chi connectivity index (χ0) is 26.1. The van der Waals surface area contributed by atoms with Crippen molar-refractivity contribution in [2.75, 3.05) is 19.7 Å². The van der Waals surface area contributed by atoms with Crippen LogP contribution in [0.3, 0.4) is 0 Å². The van der Waals surface area contributed by atoms with Gasteiger partial charge in [0.05, 0.1) is 12.3 Å². The average molecular weight is 520 g/mol. The Morgan fingerprint density at radius 3 is 2.58 bits per heavy atom. The van der Waals surface area contributed by atoms with Gasteiger partial charge in [-0.3, -0.25) is 4.98 Å². The van der Waals surface area contributed by atoms with Crippen molar-refractivity contribution in [2.45, 2.75) is 103 Å². The molecular formula is C27H41N3O5S. The van der Waals surface area contributed by atoms with E-state index in [4.69, 9.17) is 18.6 Å². The predicted octanol–water partition coefficient (Wildman–Crippen LogP) is 4.95. The van der Waals surface area contributed by atoms with Crippen molar-refractivity contribution < 1.29 is 23.6 Å². The fraction of sp³-hybridized carbons (Fsp3) is 0.741. The van der Waals surface area contributed by atoms with Crippen LogP contribution in [0.15, 0.2) is 16.7 Å². The first-order chi connectivity index (χ1) is 16.9. The topological polar surface area (TPSA) is 96.3 Å². The highest BCUT2D eigenvalue weighted by Gasteiger charge is 2.48. The minimum atomic E-state index is -1.39. The molecule has 2 saturated heterocycles. The molecule has 1 spiro atoms. The van der Waals surface area contributed by atoms with E-state index < -0.39 is 21.7 Å². The van der Waals surface area contributed by atoms with Gasteiger partial charge in [-0.15, -0.1) is 0 Å². The van der Waals surface area contributed by atoms with Gasteiger partial charge in [0.1, 0.15) is 27.4 Å². The number of ether oxygens (including phenoxy) is 3. The molecule has 0 saturated carbocycles. The van der Waals surface area contributed by atoms with Crippen molar-refractivity contribution in [3.8, 4) is 0 Å². The number of piperidine rings is 1. The summed E-state index contributed by atoms with van der Waals surface area (Å²) in [5, 5.41) is 0. The summed E-state index contributed by atoms with van der Waals surface area (Å²) in [7, 11) is 0. The fourth-order valence-electron chi connectivity index (χ4n) is 4.96. The lowest BCUT2D eigenvalue weighted by molar-refractivity contribution is -0.169. The summed E-state index contributed by atoms with van der Waals surface area (Å²) in [6, 6.07) is 2.10. The lowest BCUT2D eigenvalue weighted by Gasteiger charge is -2.39. The lowest BCUT2D eigenvalue weighted by Crippen LogP contribution is -2.47. The summed E-state index contributed by atoms with van der Waals surface area (Å²) in [6.07, 6.45) is 6.81. The van der Waals surface area contributed by atoms with Crippen LogP contribution in [0.4, 0.5) is 4.79 Å². The van der Waals surface area contributed by atoms with E-state index >= 15 is 0 Å². The largest absolute Gasteiger partial charge is 0.591 e. The molecule has 4 rings (SSSR count). The van der Waals surface area contributed by atoms with E-state index in [2.05, 4.69) is 11.1 Å². The van der Waals surface area contributed by atoms with Gasteiger partial charge in [-0.25, -0.2) is 4.79 Å². The number of fused-ring (bicyclic) bond motifs is 1. The molecule has 2 atom stereocenters. The minimum absolute atomic E-state index is 0.163. The van der Waals surface area contributed by atoms with Crippen LogP contribution in [0.25, 0.3) is 0 Å². The molecule has 0 aromatic carbocycles. The Bertz CT molecular complexity index is 971. The quantitative estimate of drug-likeness (QED) is 0.522. The highest BCUT2D eigenvalue weighted by atomic mass is 32.2. The molecule has 0 radical (unpaired) electrons. The number of carbonyl (C=O) groups is 1. The molecule has 1 amide bonds. The summed E-state index contributed by atoms with van der Waals surface area (Å²) in [4.78, 5) is 19.1. The smallest absolute Gasteiger partial charge is 0.410 e. The molecule has 1 unspecified atom stereocenters. The number of nitrogens with zero attached hydrogens (tertiary/aromatic N) is 3. The summed E-state index contributed by atoms with van der Waals surface area (Å²) in [6.45, 7) is 13.8. The van der Waals surface area contributed by atoms with Crippen molar-refractivity contribution in [3.63, 3.8) is 0 Å². The molecule has 3 aliphatic rings. The predicted molar refractivity (Wildman–Crippen MR) is 140 cm³/mol. The maximum Gasteiger partial charge on any atom is 0.410 e. The highest BCUT2D eigenvalue weighted by Crippen LogP contribution is 2.46. The van der Waals surface area contributed by atoms with Crippen LogP contribution >= 0.6 is 0 Å². The normalized spacial score (nSPS) is 24.1. The van der Waals surface area contributed by atoms with Crippen LogP contribution in [-0.4, -0.2) is 62.6 Å². The molecule has 8 nitrogen and oxygen atoms in total. The molecule has 36 heavy (non-hydrogen) atoms. The number of hydrogen-bond donors (Lipinski definition) is 0. The third-order valence-corrected chi connectivity index (χ3v) is 8.35. The second-order valence-electron chi connectivity index (χ2n) is 12.2. The molecule has 2 aliphatic heterocycles. The van der Waals surface area contributed by atoms with Crippen LogP contribution in [0, 0.1) is 5.41 Å². The Labute approximate surface area is 218 Å². The van der Waals surface area contributed by atoms with Crippen LogP contribution in [0.1, 0.15) is 90.5 Å². The van der Waals surface area contributed by atoms with Crippen molar-refractivity contribution >= 4 is 23.2 Å². The standard InChI is InChI=1S/C27H41N3O5S/c1-25(2,3)35-24(31)30-12-10-27(11-13-30)16-19-15-20(18-34-22-9-7-8-14-33-22)28-17-21(19)23(27)29-36(32)26(4,5)6/h15,17,22H,7-14,16,18H2,1-6H3/t22-,36?/m1/s1. The Morgan fingerprint density at radius 1 is 1.25 bits per heavy atom. The van der Waals surface area contributed by atoms with Crippen molar-refractivity contribution in [2.24, 2.45) is 9.81 Å². The Morgan fingerprint density at radius 2 is 1.97 bits per heavy atom. The molecule has 3 heterocycles.